The third-order valence-corrected chi connectivity index (χ3v) is 3.20. The van der Waals surface area contributed by atoms with E-state index in [1.165, 1.54) is 6.92 Å². The van der Waals surface area contributed by atoms with Gasteiger partial charge in [-0.1, -0.05) is 18.2 Å². The van der Waals surface area contributed by atoms with Gasteiger partial charge in [0.15, 0.2) is 0 Å². The maximum atomic E-state index is 10.8. The first-order valence-electron chi connectivity index (χ1n) is 6.71. The molecule has 6 heteroatoms. The maximum absolute atomic E-state index is 10.8. The number of hydrogen-bond donors (Lipinski definition) is 3. The van der Waals surface area contributed by atoms with E-state index in [0.29, 0.717) is 11.3 Å². The van der Waals surface area contributed by atoms with Crippen LogP contribution in [0.2, 0.25) is 0 Å². The van der Waals surface area contributed by atoms with Crippen LogP contribution in [0.1, 0.15) is 24.3 Å². The second-order valence-electron chi connectivity index (χ2n) is 4.90. The molecule has 0 radical (unpaired) electrons. The number of hydrogen-bond acceptors (Lipinski definition) is 4. The molecule has 0 saturated heterocycles. The van der Waals surface area contributed by atoms with Crippen molar-refractivity contribution in [2.24, 2.45) is 0 Å². The number of benzene rings is 1. The lowest BCUT2D eigenvalue weighted by Gasteiger charge is -2.17. The Balaban J connectivity index is 2.17. The second kappa shape index (κ2) is 6.51. The molecule has 1 amide bonds. The van der Waals surface area contributed by atoms with Crippen LogP contribution in [0.15, 0.2) is 36.5 Å². The van der Waals surface area contributed by atoms with E-state index < -0.39 is 12.2 Å². The summed E-state index contributed by atoms with van der Waals surface area (Å²) in [5.41, 5.74) is 2.04. The lowest BCUT2D eigenvalue weighted by atomic mass is 10.1. The zero-order chi connectivity index (χ0) is 15.4. The molecule has 0 fully saturated rings. The molecule has 1 aromatic heterocycles. The molecular formula is C15H19N3O3. The average molecular weight is 289 g/mol. The summed E-state index contributed by atoms with van der Waals surface area (Å²) in [6.45, 7) is 3.12. The molecule has 112 valence electrons. The van der Waals surface area contributed by atoms with Gasteiger partial charge in [0.1, 0.15) is 12.2 Å². The summed E-state index contributed by atoms with van der Waals surface area (Å²) < 4.78 is 1.65. The Bertz CT molecular complexity index is 610. The number of amides is 1. The number of nitrogens with zero attached hydrogens (tertiary/aromatic N) is 2. The molecule has 0 saturated carbocycles. The van der Waals surface area contributed by atoms with Crippen LogP contribution in [0.3, 0.4) is 0 Å². The van der Waals surface area contributed by atoms with Gasteiger partial charge in [-0.05, 0) is 19.1 Å². The van der Waals surface area contributed by atoms with Gasteiger partial charge >= 0.3 is 0 Å². The molecule has 21 heavy (non-hydrogen) atoms. The SMILES string of the molecule is CC(=O)NCC(O)C(O)c1cn(-c2ccccc2)nc1C. The predicted molar refractivity (Wildman–Crippen MR) is 78.0 cm³/mol. The first kappa shape index (κ1) is 15.2. The number of aryl methyl sites for hydroxylation is 1. The number of rotatable bonds is 5. The largest absolute Gasteiger partial charge is 0.388 e. The lowest BCUT2D eigenvalue weighted by Crippen LogP contribution is -2.34. The Morgan fingerprint density at radius 3 is 2.62 bits per heavy atom. The minimum absolute atomic E-state index is 0.00748. The van der Waals surface area contributed by atoms with Crippen molar-refractivity contribution in [1.29, 1.82) is 0 Å². The average Bonchev–Trinajstić information content (AvgIpc) is 2.86. The highest BCUT2D eigenvalue weighted by Gasteiger charge is 2.22. The Morgan fingerprint density at radius 1 is 1.33 bits per heavy atom. The molecule has 0 aliphatic rings. The number of aliphatic hydroxyl groups is 2. The highest BCUT2D eigenvalue weighted by atomic mass is 16.3. The van der Waals surface area contributed by atoms with Gasteiger partial charge in [0.05, 0.1) is 11.4 Å². The Hall–Kier alpha value is -2.18. The first-order chi connectivity index (χ1) is 9.99. The molecule has 0 aliphatic heterocycles. The van der Waals surface area contributed by atoms with Gasteiger partial charge in [-0.15, -0.1) is 0 Å². The summed E-state index contributed by atoms with van der Waals surface area (Å²) in [5.74, 6) is -0.252. The Labute approximate surface area is 123 Å². The third kappa shape index (κ3) is 3.68. The van der Waals surface area contributed by atoms with Crippen LogP contribution in [0.5, 0.6) is 0 Å². The van der Waals surface area contributed by atoms with Crippen LogP contribution in [0.25, 0.3) is 5.69 Å². The summed E-state index contributed by atoms with van der Waals surface area (Å²) in [7, 11) is 0. The summed E-state index contributed by atoms with van der Waals surface area (Å²) in [5, 5.41) is 26.9. The summed E-state index contributed by atoms with van der Waals surface area (Å²) in [6, 6.07) is 9.50. The molecule has 0 spiro atoms. The lowest BCUT2D eigenvalue weighted by molar-refractivity contribution is -0.119. The number of aliphatic hydroxyl groups excluding tert-OH is 2. The minimum atomic E-state index is -1.10. The molecule has 1 heterocycles. The van der Waals surface area contributed by atoms with Crippen molar-refractivity contribution in [3.05, 3.63) is 47.8 Å². The number of carbonyl (C=O) groups excluding carboxylic acids is 1. The third-order valence-electron chi connectivity index (χ3n) is 3.20. The molecule has 2 rings (SSSR count). The van der Waals surface area contributed by atoms with Crippen LogP contribution in [0, 0.1) is 6.92 Å². The van der Waals surface area contributed by atoms with Crippen molar-refractivity contribution in [1.82, 2.24) is 15.1 Å². The summed E-state index contributed by atoms with van der Waals surface area (Å²) >= 11 is 0. The quantitative estimate of drug-likeness (QED) is 0.756. The fourth-order valence-electron chi connectivity index (χ4n) is 2.04. The molecule has 2 aromatic rings. The zero-order valence-electron chi connectivity index (χ0n) is 12.0. The Morgan fingerprint density at radius 2 is 2.00 bits per heavy atom. The molecule has 3 N–H and O–H groups in total. The maximum Gasteiger partial charge on any atom is 0.216 e. The van der Waals surface area contributed by atoms with Crippen molar-refractivity contribution < 1.29 is 15.0 Å². The van der Waals surface area contributed by atoms with Crippen molar-refractivity contribution in [2.45, 2.75) is 26.1 Å². The van der Waals surface area contributed by atoms with Crippen LogP contribution in [0.4, 0.5) is 0 Å². The van der Waals surface area contributed by atoms with Gasteiger partial charge in [0, 0.05) is 25.2 Å². The number of nitrogens with one attached hydrogen (secondary N) is 1. The normalized spacial score (nSPS) is 13.7. The fraction of sp³-hybridized carbons (Fsp3) is 0.333. The van der Waals surface area contributed by atoms with Crippen molar-refractivity contribution in [2.75, 3.05) is 6.54 Å². The van der Waals surface area contributed by atoms with Gasteiger partial charge < -0.3 is 15.5 Å². The van der Waals surface area contributed by atoms with Crippen molar-refractivity contribution >= 4 is 5.91 Å². The zero-order valence-corrected chi connectivity index (χ0v) is 12.0. The predicted octanol–water partition coefficient (Wildman–Crippen LogP) is 0.711. The van der Waals surface area contributed by atoms with E-state index in [2.05, 4.69) is 10.4 Å². The van der Waals surface area contributed by atoms with Crippen LogP contribution in [-0.4, -0.2) is 38.5 Å². The molecule has 0 aliphatic carbocycles. The van der Waals surface area contributed by atoms with Crippen molar-refractivity contribution in [3.63, 3.8) is 0 Å². The van der Waals surface area contributed by atoms with E-state index in [9.17, 15) is 15.0 Å². The van der Waals surface area contributed by atoms with Gasteiger partial charge in [-0.3, -0.25) is 4.79 Å². The summed E-state index contributed by atoms with van der Waals surface area (Å²) in [4.78, 5) is 10.8. The van der Waals surface area contributed by atoms with Crippen molar-refractivity contribution in [3.8, 4) is 5.69 Å². The second-order valence-corrected chi connectivity index (χ2v) is 4.90. The molecule has 0 bridgehead atoms. The van der Waals surface area contributed by atoms with E-state index >= 15 is 0 Å². The highest BCUT2D eigenvalue weighted by Crippen LogP contribution is 2.21. The molecule has 2 unspecified atom stereocenters. The van der Waals surface area contributed by atoms with E-state index in [4.69, 9.17) is 0 Å². The molecular weight excluding hydrogens is 270 g/mol. The van der Waals surface area contributed by atoms with Gasteiger partial charge in [-0.2, -0.15) is 5.10 Å². The highest BCUT2D eigenvalue weighted by molar-refractivity contribution is 5.72. The number of carbonyl (C=O) groups is 1. The number of aromatic nitrogens is 2. The minimum Gasteiger partial charge on any atom is -0.388 e. The van der Waals surface area contributed by atoms with Gasteiger partial charge in [0.2, 0.25) is 5.91 Å². The molecule has 6 nitrogen and oxygen atoms in total. The summed E-state index contributed by atoms with van der Waals surface area (Å²) in [6.07, 6.45) is -0.498. The fourth-order valence-corrected chi connectivity index (χ4v) is 2.04. The van der Waals surface area contributed by atoms with Crippen LogP contribution < -0.4 is 5.32 Å². The molecule has 2 atom stereocenters. The first-order valence-corrected chi connectivity index (χ1v) is 6.71. The van der Waals surface area contributed by atoms with Gasteiger partial charge in [-0.25, -0.2) is 4.68 Å². The smallest absolute Gasteiger partial charge is 0.216 e. The topological polar surface area (TPSA) is 87.4 Å². The van der Waals surface area contributed by atoms with E-state index in [0.717, 1.165) is 5.69 Å². The number of para-hydroxylation sites is 1. The van der Waals surface area contributed by atoms with E-state index in [-0.39, 0.29) is 12.5 Å². The van der Waals surface area contributed by atoms with Gasteiger partial charge in [0.25, 0.3) is 0 Å². The Kier molecular flexibility index (Phi) is 4.72. The van der Waals surface area contributed by atoms with E-state index in [1.54, 1.807) is 17.8 Å². The standard InChI is InChI=1S/C15H19N3O3/c1-10-13(15(21)14(20)8-16-11(2)19)9-18(17-10)12-6-4-3-5-7-12/h3-7,9,14-15,20-21H,8H2,1-2H3,(H,16,19). The monoisotopic (exact) mass is 289 g/mol. The molecule has 1 aromatic carbocycles. The van der Waals surface area contributed by atoms with Crippen LogP contribution >= 0.6 is 0 Å². The van der Waals surface area contributed by atoms with Crippen LogP contribution in [-0.2, 0) is 4.79 Å². The van der Waals surface area contributed by atoms with E-state index in [1.807, 2.05) is 30.3 Å².